The molecule has 0 radical (unpaired) electrons. The molecule has 0 atom stereocenters. The first-order chi connectivity index (χ1) is 11.4. The molecule has 0 aliphatic carbocycles. The molecule has 25 heavy (non-hydrogen) atoms. The van der Waals surface area contributed by atoms with Crippen molar-refractivity contribution >= 4 is 17.5 Å². The Morgan fingerprint density at radius 2 is 2.08 bits per heavy atom. The van der Waals surface area contributed by atoms with Crippen molar-refractivity contribution in [1.29, 1.82) is 0 Å². The Labute approximate surface area is 142 Å². The summed E-state index contributed by atoms with van der Waals surface area (Å²) in [7, 11) is 0.951. The number of halogens is 3. The number of methoxy groups -OCH3 is 1. The Kier molecular flexibility index (Phi) is 6.11. The molecule has 0 fully saturated rings. The summed E-state index contributed by atoms with van der Waals surface area (Å²) in [5, 5.41) is 13.6. The van der Waals surface area contributed by atoms with Crippen molar-refractivity contribution in [2.75, 3.05) is 12.4 Å². The van der Waals surface area contributed by atoms with Crippen molar-refractivity contribution in [3.05, 3.63) is 40.1 Å². The molecule has 138 valence electrons. The van der Waals surface area contributed by atoms with Crippen LogP contribution in [0.3, 0.4) is 0 Å². The van der Waals surface area contributed by atoms with Crippen molar-refractivity contribution in [2.24, 2.45) is 0 Å². The van der Waals surface area contributed by atoms with E-state index in [0.29, 0.717) is 12.8 Å². The lowest BCUT2D eigenvalue weighted by Gasteiger charge is -2.28. The highest BCUT2D eigenvalue weighted by atomic mass is 19.4. The first-order valence-corrected chi connectivity index (χ1v) is 7.17. The van der Waals surface area contributed by atoms with E-state index in [1.165, 1.54) is 0 Å². The standard InChI is InChI=1S/C15H18F3N3O4/c1-5-6-7-14(2,3)20-12-9(15(16,17)18)8-10(21(23)24)11(19-12)13(22)25-4/h5,8H,1,6-7H2,2-4H3,(H,19,20). The Hall–Kier alpha value is -2.65. The SMILES string of the molecule is C=CCCC(C)(C)Nc1nc(C(=O)OC)c([N+](=O)[O-])cc1C(F)(F)F. The number of ether oxygens (including phenoxy) is 1. The van der Waals surface area contributed by atoms with Gasteiger partial charge in [0, 0.05) is 11.6 Å². The van der Waals surface area contributed by atoms with Crippen LogP contribution in [0.2, 0.25) is 0 Å². The number of carbonyl (C=O) groups is 1. The number of rotatable bonds is 7. The number of esters is 1. The number of allylic oxidation sites excluding steroid dienone is 1. The van der Waals surface area contributed by atoms with Gasteiger partial charge in [0.05, 0.1) is 12.0 Å². The smallest absolute Gasteiger partial charge is 0.420 e. The largest absolute Gasteiger partial charge is 0.464 e. The summed E-state index contributed by atoms with van der Waals surface area (Å²) in [5.74, 6) is -1.88. The second kappa shape index (κ2) is 7.49. The van der Waals surface area contributed by atoms with Crippen LogP contribution in [0.4, 0.5) is 24.7 Å². The average molecular weight is 361 g/mol. The van der Waals surface area contributed by atoms with E-state index in [4.69, 9.17) is 0 Å². The van der Waals surface area contributed by atoms with E-state index in [-0.39, 0.29) is 6.07 Å². The van der Waals surface area contributed by atoms with Crippen LogP contribution in [0.15, 0.2) is 18.7 Å². The molecule has 0 amide bonds. The number of aromatic nitrogens is 1. The number of anilines is 1. The van der Waals surface area contributed by atoms with Crippen molar-refractivity contribution in [3.8, 4) is 0 Å². The highest BCUT2D eigenvalue weighted by molar-refractivity contribution is 5.92. The molecule has 1 aromatic heterocycles. The van der Waals surface area contributed by atoms with Crippen molar-refractivity contribution in [2.45, 2.75) is 38.4 Å². The lowest BCUT2D eigenvalue weighted by Crippen LogP contribution is -2.33. The van der Waals surface area contributed by atoms with Crippen LogP contribution < -0.4 is 5.32 Å². The van der Waals surface area contributed by atoms with Gasteiger partial charge in [-0.15, -0.1) is 6.58 Å². The molecule has 7 nitrogen and oxygen atoms in total. The third kappa shape index (κ3) is 5.16. The molecule has 0 bridgehead atoms. The van der Waals surface area contributed by atoms with Crippen LogP contribution >= 0.6 is 0 Å². The van der Waals surface area contributed by atoms with Gasteiger partial charge in [-0.1, -0.05) is 6.08 Å². The number of nitro groups is 1. The predicted octanol–water partition coefficient (Wildman–Crippen LogP) is 3.95. The van der Waals surface area contributed by atoms with Crippen LogP contribution in [-0.2, 0) is 10.9 Å². The molecular weight excluding hydrogens is 343 g/mol. The van der Waals surface area contributed by atoms with Gasteiger partial charge in [0.1, 0.15) is 11.4 Å². The maximum atomic E-state index is 13.3. The summed E-state index contributed by atoms with van der Waals surface area (Å²) in [4.78, 5) is 25.1. The molecule has 0 aliphatic heterocycles. The molecule has 0 aliphatic rings. The van der Waals surface area contributed by atoms with Crippen molar-refractivity contribution in [3.63, 3.8) is 0 Å². The van der Waals surface area contributed by atoms with Crippen LogP contribution in [0.1, 0.15) is 42.7 Å². The third-order valence-corrected chi connectivity index (χ3v) is 3.31. The van der Waals surface area contributed by atoms with E-state index in [0.717, 1.165) is 7.11 Å². The maximum Gasteiger partial charge on any atom is 0.420 e. The molecule has 1 rings (SSSR count). The van der Waals surface area contributed by atoms with Gasteiger partial charge in [0.25, 0.3) is 0 Å². The third-order valence-electron chi connectivity index (χ3n) is 3.31. The van der Waals surface area contributed by atoms with E-state index in [9.17, 15) is 28.1 Å². The zero-order valence-corrected chi connectivity index (χ0v) is 13.9. The topological polar surface area (TPSA) is 94.4 Å². The van der Waals surface area contributed by atoms with Crippen LogP contribution in [0.5, 0.6) is 0 Å². The highest BCUT2D eigenvalue weighted by Crippen LogP contribution is 2.38. The number of alkyl halides is 3. The van der Waals surface area contributed by atoms with Gasteiger partial charge < -0.3 is 10.1 Å². The minimum atomic E-state index is -4.90. The molecule has 1 N–H and O–H groups in total. The summed E-state index contributed by atoms with van der Waals surface area (Å²) in [6.45, 7) is 6.82. The van der Waals surface area contributed by atoms with Crippen LogP contribution in [-0.4, -0.2) is 28.5 Å². The van der Waals surface area contributed by atoms with Gasteiger partial charge in [-0.25, -0.2) is 9.78 Å². The Morgan fingerprint density at radius 1 is 1.48 bits per heavy atom. The second-order valence-corrected chi connectivity index (χ2v) is 5.83. The Morgan fingerprint density at radius 3 is 2.52 bits per heavy atom. The zero-order valence-electron chi connectivity index (χ0n) is 13.9. The maximum absolute atomic E-state index is 13.3. The first kappa shape index (κ1) is 20.4. The zero-order chi connectivity index (χ0) is 19.4. The van der Waals surface area contributed by atoms with Gasteiger partial charge in [0.2, 0.25) is 5.69 Å². The number of hydrogen-bond donors (Lipinski definition) is 1. The fourth-order valence-corrected chi connectivity index (χ4v) is 2.05. The van der Waals surface area contributed by atoms with E-state index >= 15 is 0 Å². The molecule has 0 saturated carbocycles. The number of nitrogens with one attached hydrogen (secondary N) is 1. The summed E-state index contributed by atoms with van der Waals surface area (Å²) in [5.41, 5.74) is -4.04. The molecule has 0 unspecified atom stereocenters. The summed E-state index contributed by atoms with van der Waals surface area (Å²) in [6, 6.07) is 0.283. The molecular formula is C15H18F3N3O4. The van der Waals surface area contributed by atoms with Crippen molar-refractivity contribution in [1.82, 2.24) is 4.98 Å². The van der Waals surface area contributed by atoms with Gasteiger partial charge in [-0.3, -0.25) is 10.1 Å². The number of pyridine rings is 1. The molecule has 0 saturated heterocycles. The fraction of sp³-hybridized carbons (Fsp3) is 0.467. The molecule has 0 aromatic carbocycles. The van der Waals surface area contributed by atoms with Gasteiger partial charge >= 0.3 is 17.8 Å². The fourth-order valence-electron chi connectivity index (χ4n) is 2.05. The van der Waals surface area contributed by atoms with Crippen molar-refractivity contribution < 1.29 is 27.6 Å². The van der Waals surface area contributed by atoms with Gasteiger partial charge in [-0.2, -0.15) is 13.2 Å². The molecule has 0 spiro atoms. The van der Waals surface area contributed by atoms with E-state index < -0.39 is 45.4 Å². The number of hydrogen-bond acceptors (Lipinski definition) is 6. The minimum absolute atomic E-state index is 0.283. The summed E-state index contributed by atoms with van der Waals surface area (Å²) < 4.78 is 44.3. The summed E-state index contributed by atoms with van der Waals surface area (Å²) >= 11 is 0. The highest BCUT2D eigenvalue weighted by Gasteiger charge is 2.40. The summed E-state index contributed by atoms with van der Waals surface area (Å²) in [6.07, 6.45) is -2.33. The number of carbonyl (C=O) groups excluding carboxylic acids is 1. The van der Waals surface area contributed by atoms with Crippen LogP contribution in [0, 0.1) is 10.1 Å². The van der Waals surface area contributed by atoms with Gasteiger partial charge in [0.15, 0.2) is 0 Å². The van der Waals surface area contributed by atoms with E-state index in [1.54, 1.807) is 19.9 Å². The first-order valence-electron chi connectivity index (χ1n) is 7.17. The monoisotopic (exact) mass is 361 g/mol. The average Bonchev–Trinajstić information content (AvgIpc) is 2.50. The predicted molar refractivity (Wildman–Crippen MR) is 84.4 cm³/mol. The Balaban J connectivity index is 3.54. The molecule has 1 aromatic rings. The minimum Gasteiger partial charge on any atom is -0.464 e. The van der Waals surface area contributed by atoms with E-state index in [2.05, 4.69) is 21.6 Å². The lowest BCUT2D eigenvalue weighted by atomic mass is 9.98. The van der Waals surface area contributed by atoms with Crippen LogP contribution in [0.25, 0.3) is 0 Å². The number of nitrogens with zero attached hydrogens (tertiary/aromatic N) is 2. The van der Waals surface area contributed by atoms with Gasteiger partial charge in [-0.05, 0) is 26.7 Å². The molecule has 1 heterocycles. The quantitative estimate of drug-likeness (QED) is 0.342. The normalized spacial score (nSPS) is 11.8. The van der Waals surface area contributed by atoms with E-state index in [1.807, 2.05) is 0 Å². The lowest BCUT2D eigenvalue weighted by molar-refractivity contribution is -0.385. The Bertz CT molecular complexity index is 687. The molecule has 10 heteroatoms. The second-order valence-electron chi connectivity index (χ2n) is 5.83.